The maximum absolute atomic E-state index is 13.3. The number of rotatable bonds is 5. The first-order valence-electron chi connectivity index (χ1n) is 11.3. The van der Waals surface area contributed by atoms with E-state index >= 15 is 0 Å². The highest BCUT2D eigenvalue weighted by Crippen LogP contribution is 2.40. The third kappa shape index (κ3) is 6.37. The summed E-state index contributed by atoms with van der Waals surface area (Å²) in [6, 6.07) is 8.52. The number of hydrogen-bond acceptors (Lipinski definition) is 6. The largest absolute Gasteiger partial charge is 0.510 e. The van der Waals surface area contributed by atoms with E-state index in [0.29, 0.717) is 6.42 Å². The predicted molar refractivity (Wildman–Crippen MR) is 118 cm³/mol. The fourth-order valence-electron chi connectivity index (χ4n) is 4.46. The number of nitrogens with one attached hydrogen (secondary N) is 1. The summed E-state index contributed by atoms with van der Waals surface area (Å²) in [4.78, 5) is 39.4. The number of hydrogen-bond donors (Lipinski definition) is 1. The van der Waals surface area contributed by atoms with Crippen LogP contribution in [-0.4, -0.2) is 47.0 Å². The van der Waals surface area contributed by atoms with Crippen LogP contribution < -0.4 is 5.32 Å². The molecule has 1 heterocycles. The van der Waals surface area contributed by atoms with Gasteiger partial charge in [0.1, 0.15) is 18.2 Å². The summed E-state index contributed by atoms with van der Waals surface area (Å²) in [6.45, 7) is 7.00. The van der Waals surface area contributed by atoms with E-state index in [1.54, 1.807) is 32.6 Å². The monoisotopic (exact) mass is 446 g/mol. The Labute approximate surface area is 189 Å². The third-order valence-electron chi connectivity index (χ3n) is 5.83. The molecule has 176 valence electrons. The lowest BCUT2D eigenvalue weighted by molar-refractivity contribution is -0.145. The Bertz CT molecular complexity index is 806. The Morgan fingerprint density at radius 2 is 1.81 bits per heavy atom. The summed E-state index contributed by atoms with van der Waals surface area (Å²) in [5.74, 6) is -0.0144. The van der Waals surface area contributed by atoms with Gasteiger partial charge >= 0.3 is 12.2 Å². The van der Waals surface area contributed by atoms with Crippen molar-refractivity contribution in [3.63, 3.8) is 0 Å². The Morgan fingerprint density at radius 3 is 2.50 bits per heavy atom. The van der Waals surface area contributed by atoms with Gasteiger partial charge in [0.25, 0.3) is 0 Å². The molecule has 8 heteroatoms. The average Bonchev–Trinajstić information content (AvgIpc) is 3.08. The van der Waals surface area contributed by atoms with Crippen molar-refractivity contribution in [1.29, 1.82) is 0 Å². The van der Waals surface area contributed by atoms with Crippen LogP contribution in [-0.2, 0) is 25.6 Å². The molecule has 32 heavy (non-hydrogen) atoms. The first-order valence-corrected chi connectivity index (χ1v) is 11.3. The standard InChI is InChI=1S/C24H34N2O6/c1-16(25-22(28)32-24(2,3)4)21(27)26-19-13-9-8-12-18(19)14-20(26)31-23(29)30-15-17-10-6-5-7-11-17/h5-7,10-11,16,18-20H,8-9,12-15H2,1-4H3,(H,25,28)/t16-,18?,19?,20?/m0/s1. The topological polar surface area (TPSA) is 94.2 Å². The van der Waals surface area contributed by atoms with Crippen LogP contribution in [0.3, 0.4) is 0 Å². The van der Waals surface area contributed by atoms with Crippen LogP contribution in [0.4, 0.5) is 9.59 Å². The quantitative estimate of drug-likeness (QED) is 0.675. The lowest BCUT2D eigenvalue weighted by atomic mass is 9.85. The van der Waals surface area contributed by atoms with Crippen LogP contribution in [0.25, 0.3) is 0 Å². The van der Waals surface area contributed by atoms with Crippen molar-refractivity contribution in [3.05, 3.63) is 35.9 Å². The van der Waals surface area contributed by atoms with Gasteiger partial charge < -0.3 is 24.4 Å². The van der Waals surface area contributed by atoms with Crippen molar-refractivity contribution < 1.29 is 28.6 Å². The second-order valence-corrected chi connectivity index (χ2v) is 9.56. The number of alkyl carbamates (subject to hydrolysis) is 1. The van der Waals surface area contributed by atoms with Crippen molar-refractivity contribution in [2.24, 2.45) is 5.92 Å². The van der Waals surface area contributed by atoms with Crippen molar-refractivity contribution in [2.75, 3.05) is 0 Å². The highest BCUT2D eigenvalue weighted by molar-refractivity contribution is 5.86. The van der Waals surface area contributed by atoms with Gasteiger partial charge in [-0.2, -0.15) is 0 Å². The molecule has 0 bridgehead atoms. The van der Waals surface area contributed by atoms with Crippen LogP contribution in [0.1, 0.15) is 65.4 Å². The van der Waals surface area contributed by atoms with Gasteiger partial charge in [-0.25, -0.2) is 9.59 Å². The molecule has 1 saturated heterocycles. The summed E-state index contributed by atoms with van der Waals surface area (Å²) in [5, 5.41) is 2.61. The molecule has 2 amide bonds. The molecule has 1 saturated carbocycles. The van der Waals surface area contributed by atoms with E-state index in [0.717, 1.165) is 31.2 Å². The Morgan fingerprint density at radius 1 is 1.12 bits per heavy atom. The van der Waals surface area contributed by atoms with Crippen LogP contribution in [0.15, 0.2) is 30.3 Å². The van der Waals surface area contributed by atoms with E-state index in [1.807, 2.05) is 30.3 Å². The van der Waals surface area contributed by atoms with Gasteiger partial charge in [-0.1, -0.05) is 43.2 Å². The zero-order chi connectivity index (χ0) is 23.3. The number of amides is 2. The molecule has 3 rings (SSSR count). The van der Waals surface area contributed by atoms with E-state index in [4.69, 9.17) is 14.2 Å². The minimum Gasteiger partial charge on any atom is -0.444 e. The van der Waals surface area contributed by atoms with Gasteiger partial charge in [-0.15, -0.1) is 0 Å². The summed E-state index contributed by atoms with van der Waals surface area (Å²) in [5.41, 5.74) is 0.191. The number of ether oxygens (including phenoxy) is 3. The normalized spacial score (nSPS) is 23.6. The van der Waals surface area contributed by atoms with E-state index in [1.165, 1.54) is 0 Å². The second-order valence-electron chi connectivity index (χ2n) is 9.56. The van der Waals surface area contributed by atoms with Crippen molar-refractivity contribution in [2.45, 2.75) is 90.3 Å². The molecule has 1 aromatic rings. The van der Waals surface area contributed by atoms with Crippen molar-refractivity contribution in [3.8, 4) is 0 Å². The van der Waals surface area contributed by atoms with Gasteiger partial charge in [0.05, 0.1) is 0 Å². The maximum atomic E-state index is 13.3. The molecule has 1 aliphatic heterocycles. The number of nitrogens with zero attached hydrogens (tertiary/aromatic N) is 1. The van der Waals surface area contributed by atoms with Crippen LogP contribution in [0, 0.1) is 5.92 Å². The van der Waals surface area contributed by atoms with Gasteiger partial charge in [0.15, 0.2) is 6.23 Å². The first kappa shape index (κ1) is 23.9. The Kier molecular flexibility index (Phi) is 7.64. The third-order valence-corrected chi connectivity index (χ3v) is 5.83. The van der Waals surface area contributed by atoms with Gasteiger partial charge in [0, 0.05) is 12.5 Å². The Hall–Kier alpha value is -2.77. The van der Waals surface area contributed by atoms with Crippen LogP contribution >= 0.6 is 0 Å². The molecule has 1 aliphatic carbocycles. The summed E-state index contributed by atoms with van der Waals surface area (Å²) >= 11 is 0. The summed E-state index contributed by atoms with van der Waals surface area (Å²) < 4.78 is 16.1. The van der Waals surface area contributed by atoms with Gasteiger partial charge in [0.2, 0.25) is 5.91 Å². The van der Waals surface area contributed by atoms with E-state index < -0.39 is 30.1 Å². The molecule has 1 aromatic carbocycles. The zero-order valence-electron chi connectivity index (χ0n) is 19.3. The molecular formula is C24H34N2O6. The minimum absolute atomic E-state index is 0.00828. The zero-order valence-corrected chi connectivity index (χ0v) is 19.3. The lowest BCUT2D eigenvalue weighted by Gasteiger charge is -2.35. The number of likely N-dealkylation sites (tertiary alicyclic amines) is 1. The highest BCUT2D eigenvalue weighted by Gasteiger charge is 2.47. The lowest BCUT2D eigenvalue weighted by Crippen LogP contribution is -2.53. The molecule has 0 aromatic heterocycles. The molecular weight excluding hydrogens is 412 g/mol. The highest BCUT2D eigenvalue weighted by atomic mass is 16.7. The molecule has 2 aliphatic rings. The summed E-state index contributed by atoms with van der Waals surface area (Å²) in [7, 11) is 0. The molecule has 8 nitrogen and oxygen atoms in total. The van der Waals surface area contributed by atoms with Crippen LogP contribution in [0.2, 0.25) is 0 Å². The number of carbonyl (C=O) groups is 3. The van der Waals surface area contributed by atoms with Crippen molar-refractivity contribution >= 4 is 18.2 Å². The first-order chi connectivity index (χ1) is 15.1. The number of carbonyl (C=O) groups excluding carboxylic acids is 3. The van der Waals surface area contributed by atoms with Crippen molar-refractivity contribution in [1.82, 2.24) is 10.2 Å². The number of fused-ring (bicyclic) bond motifs is 1. The maximum Gasteiger partial charge on any atom is 0.510 e. The Balaban J connectivity index is 1.64. The molecule has 4 atom stereocenters. The fourth-order valence-corrected chi connectivity index (χ4v) is 4.46. The smallest absolute Gasteiger partial charge is 0.444 e. The SMILES string of the molecule is C[C@H](NC(=O)OC(C)(C)C)C(=O)N1C(OC(=O)OCc2ccccc2)CC2CCCCC21. The van der Waals surface area contributed by atoms with E-state index in [9.17, 15) is 14.4 Å². The second kappa shape index (κ2) is 10.2. The van der Waals surface area contributed by atoms with Gasteiger partial charge in [-0.3, -0.25) is 4.79 Å². The average molecular weight is 447 g/mol. The number of benzene rings is 1. The molecule has 0 radical (unpaired) electrons. The predicted octanol–water partition coefficient (Wildman–Crippen LogP) is 4.37. The molecule has 1 N–H and O–H groups in total. The molecule has 2 fully saturated rings. The molecule has 0 spiro atoms. The fraction of sp³-hybridized carbons (Fsp3) is 0.625. The molecule has 3 unspecified atom stereocenters. The summed E-state index contributed by atoms with van der Waals surface area (Å²) in [6.07, 6.45) is 2.37. The minimum atomic E-state index is -0.808. The van der Waals surface area contributed by atoms with E-state index in [-0.39, 0.29) is 24.5 Å². The van der Waals surface area contributed by atoms with Crippen LogP contribution in [0.5, 0.6) is 0 Å². The van der Waals surface area contributed by atoms with E-state index in [2.05, 4.69) is 5.32 Å². The van der Waals surface area contributed by atoms with Gasteiger partial charge in [-0.05, 0) is 52.0 Å².